The van der Waals surface area contributed by atoms with Crippen LogP contribution in [-0.2, 0) is 26.6 Å². The van der Waals surface area contributed by atoms with E-state index in [0.29, 0.717) is 35.1 Å². The van der Waals surface area contributed by atoms with Gasteiger partial charge in [-0.25, -0.2) is 4.98 Å². The number of hydrogen-bond donors (Lipinski definition) is 2. The first-order chi connectivity index (χ1) is 20.9. The predicted molar refractivity (Wildman–Crippen MR) is 166 cm³/mol. The van der Waals surface area contributed by atoms with Gasteiger partial charge in [-0.1, -0.05) is 55.5 Å². The van der Waals surface area contributed by atoms with Gasteiger partial charge in [0.05, 0.1) is 22.7 Å². The number of carbonyl (C=O) groups is 2. The summed E-state index contributed by atoms with van der Waals surface area (Å²) in [6.07, 6.45) is 3.04. The summed E-state index contributed by atoms with van der Waals surface area (Å²) in [6.45, 7) is 7.23. The minimum absolute atomic E-state index is 0.0166. The number of amides is 2. The molecule has 0 radical (unpaired) electrons. The summed E-state index contributed by atoms with van der Waals surface area (Å²) in [4.78, 5) is 33.1. The highest BCUT2D eigenvalue weighted by Crippen LogP contribution is 2.50. The Labute approximate surface area is 259 Å². The molecule has 1 spiro atoms. The minimum Gasteiger partial charge on any atom is -0.349 e. The number of hydrogen-bond acceptors (Lipinski definition) is 5. The van der Waals surface area contributed by atoms with E-state index in [4.69, 9.17) is 0 Å². The molecular formula is C34H37F3N4O2S. The molecule has 10 heteroatoms. The quantitative estimate of drug-likeness (QED) is 0.308. The van der Waals surface area contributed by atoms with Crippen LogP contribution in [0.3, 0.4) is 0 Å². The van der Waals surface area contributed by atoms with Gasteiger partial charge in [-0.05, 0) is 73.9 Å². The lowest BCUT2D eigenvalue weighted by atomic mass is 9.67. The van der Waals surface area contributed by atoms with Crippen molar-refractivity contribution in [3.8, 4) is 0 Å². The van der Waals surface area contributed by atoms with E-state index in [-0.39, 0.29) is 23.3 Å². The van der Waals surface area contributed by atoms with E-state index in [1.54, 1.807) is 13.0 Å². The molecule has 2 heterocycles. The van der Waals surface area contributed by atoms with Gasteiger partial charge in [0.1, 0.15) is 0 Å². The zero-order chi connectivity index (χ0) is 31.3. The lowest BCUT2D eigenvalue weighted by Gasteiger charge is -2.46. The molecule has 2 aromatic carbocycles. The van der Waals surface area contributed by atoms with Crippen LogP contribution in [0.5, 0.6) is 0 Å². The molecule has 3 aliphatic rings. The van der Waals surface area contributed by atoms with Gasteiger partial charge < -0.3 is 10.6 Å². The molecule has 3 aromatic rings. The number of thiazole rings is 1. The Morgan fingerprint density at radius 3 is 2.68 bits per heavy atom. The van der Waals surface area contributed by atoms with Gasteiger partial charge in [-0.15, -0.1) is 11.3 Å². The summed E-state index contributed by atoms with van der Waals surface area (Å²) in [5, 5.41) is 8.01. The van der Waals surface area contributed by atoms with Crippen LogP contribution in [0.4, 0.5) is 18.3 Å². The van der Waals surface area contributed by atoms with Crippen LogP contribution in [0.15, 0.2) is 60.0 Å². The SMILES string of the molecule is CC(=O)Nc1nc(C2(C(=O)NC(C)c3cccc(C(F)(F)F)c3)CCC(N3CCC4(C=Cc5ccccc54)C(C)C3)C2)cs1. The molecule has 1 aromatic heterocycles. The Bertz CT molecular complexity index is 1600. The Hall–Kier alpha value is -3.50. The van der Waals surface area contributed by atoms with Crippen LogP contribution in [0, 0.1) is 5.92 Å². The van der Waals surface area contributed by atoms with Gasteiger partial charge in [-0.2, -0.15) is 13.2 Å². The first-order valence-corrected chi connectivity index (χ1v) is 16.0. The number of piperidine rings is 1. The summed E-state index contributed by atoms with van der Waals surface area (Å²) in [5.41, 5.74) is 1.96. The number of anilines is 1. The third-order valence-electron chi connectivity index (χ3n) is 10.0. The van der Waals surface area contributed by atoms with Gasteiger partial charge in [0, 0.05) is 30.3 Å². The van der Waals surface area contributed by atoms with Crippen molar-refractivity contribution in [2.75, 3.05) is 18.4 Å². The Morgan fingerprint density at radius 1 is 1.14 bits per heavy atom. The minimum atomic E-state index is -4.47. The number of fused-ring (bicyclic) bond motifs is 2. The smallest absolute Gasteiger partial charge is 0.349 e. The van der Waals surface area contributed by atoms with Crippen LogP contribution in [0.25, 0.3) is 6.08 Å². The summed E-state index contributed by atoms with van der Waals surface area (Å²) in [6, 6.07) is 13.2. The number of nitrogens with zero attached hydrogens (tertiary/aromatic N) is 2. The maximum absolute atomic E-state index is 14.2. The predicted octanol–water partition coefficient (Wildman–Crippen LogP) is 7.09. The van der Waals surface area contributed by atoms with Crippen LogP contribution in [0.1, 0.15) is 80.4 Å². The Balaban J connectivity index is 1.24. The van der Waals surface area contributed by atoms with E-state index in [0.717, 1.165) is 38.1 Å². The highest BCUT2D eigenvalue weighted by atomic mass is 32.1. The van der Waals surface area contributed by atoms with Crippen molar-refractivity contribution in [2.45, 2.75) is 75.5 Å². The van der Waals surface area contributed by atoms with Gasteiger partial charge in [0.2, 0.25) is 11.8 Å². The summed E-state index contributed by atoms with van der Waals surface area (Å²) in [7, 11) is 0. The van der Waals surface area contributed by atoms with Crippen molar-refractivity contribution in [1.29, 1.82) is 0 Å². The monoisotopic (exact) mass is 622 g/mol. The van der Waals surface area contributed by atoms with Crippen molar-refractivity contribution >= 4 is 34.4 Å². The number of alkyl halides is 3. The third kappa shape index (κ3) is 5.47. The van der Waals surface area contributed by atoms with Gasteiger partial charge >= 0.3 is 6.18 Å². The lowest BCUT2D eigenvalue weighted by molar-refractivity contribution is -0.137. The molecule has 2 amide bonds. The summed E-state index contributed by atoms with van der Waals surface area (Å²) in [5.74, 6) is -0.115. The molecule has 2 aliphatic carbocycles. The molecule has 44 heavy (non-hydrogen) atoms. The largest absolute Gasteiger partial charge is 0.416 e. The first-order valence-electron chi connectivity index (χ1n) is 15.2. The molecule has 1 saturated carbocycles. The number of nitrogens with one attached hydrogen (secondary N) is 2. The highest BCUT2D eigenvalue weighted by molar-refractivity contribution is 7.14. The van der Waals surface area contributed by atoms with Crippen molar-refractivity contribution in [3.63, 3.8) is 0 Å². The van der Waals surface area contributed by atoms with E-state index in [1.165, 1.54) is 35.5 Å². The Kier molecular flexibility index (Phi) is 7.94. The maximum atomic E-state index is 14.2. The molecule has 1 saturated heterocycles. The molecule has 232 valence electrons. The van der Waals surface area contributed by atoms with Crippen LogP contribution in [-0.4, -0.2) is 40.8 Å². The van der Waals surface area contributed by atoms with Gasteiger partial charge in [0.25, 0.3) is 0 Å². The van der Waals surface area contributed by atoms with Gasteiger partial charge in [-0.3, -0.25) is 14.5 Å². The second-order valence-electron chi connectivity index (χ2n) is 12.6. The van der Waals surface area contributed by atoms with Crippen LogP contribution in [0.2, 0.25) is 0 Å². The van der Waals surface area contributed by atoms with Crippen molar-refractivity contribution < 1.29 is 22.8 Å². The molecule has 1 aliphatic heterocycles. The molecular weight excluding hydrogens is 585 g/mol. The van der Waals surface area contributed by atoms with Crippen molar-refractivity contribution in [1.82, 2.24) is 15.2 Å². The number of aromatic nitrogens is 1. The average molecular weight is 623 g/mol. The van der Waals surface area contributed by atoms with Crippen LogP contribution < -0.4 is 10.6 Å². The van der Waals surface area contributed by atoms with Gasteiger partial charge in [0.15, 0.2) is 5.13 Å². The summed E-state index contributed by atoms with van der Waals surface area (Å²) < 4.78 is 40.2. The zero-order valence-electron chi connectivity index (χ0n) is 25.1. The highest BCUT2D eigenvalue weighted by Gasteiger charge is 2.52. The van der Waals surface area contributed by atoms with Crippen LogP contribution >= 0.6 is 11.3 Å². The number of benzene rings is 2. The second-order valence-corrected chi connectivity index (χ2v) is 13.5. The van der Waals surface area contributed by atoms with Crippen molar-refractivity contribution in [2.24, 2.45) is 5.92 Å². The van der Waals surface area contributed by atoms with E-state index < -0.39 is 23.2 Å². The third-order valence-corrected chi connectivity index (χ3v) is 10.8. The molecule has 5 unspecified atom stereocenters. The standard InChI is InChI=1S/C34H37F3N4O2S/c1-21-19-41(16-15-32(21)13-11-24-7-4-5-10-28(24)32)27-12-14-33(18-27,29-20-44-31(40-29)39-23(3)42)30(43)38-22(2)25-8-6-9-26(17-25)34(35,36)37/h4-11,13,17,20-22,27H,12,14-16,18-19H2,1-3H3,(H,38,43)(H,39,40,42). The maximum Gasteiger partial charge on any atom is 0.416 e. The fourth-order valence-electron chi connectivity index (χ4n) is 7.55. The topological polar surface area (TPSA) is 74.3 Å². The zero-order valence-corrected chi connectivity index (χ0v) is 25.9. The first kappa shape index (κ1) is 30.5. The van der Waals surface area contributed by atoms with E-state index >= 15 is 0 Å². The lowest BCUT2D eigenvalue weighted by Crippen LogP contribution is -2.51. The average Bonchev–Trinajstić information content (AvgIpc) is 3.73. The fraction of sp³-hybridized carbons (Fsp3) is 0.441. The van der Waals surface area contributed by atoms with E-state index in [1.807, 2.05) is 5.38 Å². The molecule has 6 rings (SSSR count). The van der Waals surface area contributed by atoms with E-state index in [2.05, 4.69) is 63.9 Å². The van der Waals surface area contributed by atoms with E-state index in [9.17, 15) is 22.8 Å². The number of likely N-dealkylation sites (tertiary alicyclic amines) is 1. The summed E-state index contributed by atoms with van der Waals surface area (Å²) >= 11 is 1.27. The molecule has 0 bridgehead atoms. The molecule has 2 fully saturated rings. The normalized spacial score (nSPS) is 27.3. The Morgan fingerprint density at radius 2 is 1.93 bits per heavy atom. The molecule has 2 N–H and O–H groups in total. The number of allylic oxidation sites excluding steroid dienone is 1. The number of halogens is 3. The molecule has 5 atom stereocenters. The number of carbonyl (C=O) groups excluding carboxylic acids is 2. The second kappa shape index (κ2) is 11.5. The number of rotatable bonds is 6. The van der Waals surface area contributed by atoms with Crippen molar-refractivity contribution in [3.05, 3.63) is 87.9 Å². The molecule has 6 nitrogen and oxygen atoms in total. The fourth-order valence-corrected chi connectivity index (χ4v) is 8.40.